The van der Waals surface area contributed by atoms with Gasteiger partial charge in [-0.15, -0.1) is 0 Å². The van der Waals surface area contributed by atoms with Crippen molar-refractivity contribution in [3.63, 3.8) is 0 Å². The molecule has 1 aliphatic heterocycles. The van der Waals surface area contributed by atoms with Crippen LogP contribution in [-0.4, -0.2) is 25.7 Å². The molecule has 1 saturated carbocycles. The van der Waals surface area contributed by atoms with Crippen LogP contribution in [0.4, 0.5) is 0 Å². The van der Waals surface area contributed by atoms with Crippen molar-refractivity contribution in [1.29, 1.82) is 0 Å². The van der Waals surface area contributed by atoms with Crippen molar-refractivity contribution in [1.82, 2.24) is 0 Å². The van der Waals surface area contributed by atoms with Crippen molar-refractivity contribution in [3.8, 4) is 0 Å². The second-order valence-electron chi connectivity index (χ2n) is 6.01. The predicted molar refractivity (Wildman–Crippen MR) is 83.8 cm³/mol. The smallest absolute Gasteiger partial charge is 0.311 e. The topological polar surface area (TPSA) is 52.6 Å². The first-order valence-electron chi connectivity index (χ1n) is 8.17. The number of carbonyl (C=O) groups is 2. The summed E-state index contributed by atoms with van der Waals surface area (Å²) in [4.78, 5) is 21.8. The number of cyclic esters (lactones) is 1. The first-order chi connectivity index (χ1) is 9.92. The molecule has 2 fully saturated rings. The minimum Gasteiger partial charge on any atom is -0.469 e. The molecule has 21 heavy (non-hydrogen) atoms. The van der Waals surface area contributed by atoms with Crippen molar-refractivity contribution in [2.24, 2.45) is 17.3 Å². The maximum absolute atomic E-state index is 11.0. The molecule has 0 aromatic heterocycles. The fourth-order valence-electron chi connectivity index (χ4n) is 2.43. The molecule has 0 spiro atoms. The Morgan fingerprint density at radius 1 is 1.29 bits per heavy atom. The van der Waals surface area contributed by atoms with Crippen LogP contribution in [-0.2, 0) is 19.1 Å². The Kier molecular flexibility index (Phi) is 9.31. The first-order valence-corrected chi connectivity index (χ1v) is 8.17. The van der Waals surface area contributed by atoms with E-state index in [1.54, 1.807) is 0 Å². The summed E-state index contributed by atoms with van der Waals surface area (Å²) >= 11 is 0. The van der Waals surface area contributed by atoms with Gasteiger partial charge in [0, 0.05) is 5.92 Å². The minimum absolute atomic E-state index is 0.0599. The normalized spacial score (nSPS) is 23.6. The molecule has 4 nitrogen and oxygen atoms in total. The monoisotopic (exact) mass is 300 g/mol. The standard InChI is InChI=1S/C8H12O2.C7H14O2.C2H6/c9-8-7-4-2-1-3-6(7)5-10-8;1-5-7(2,3)6(8)9-4;1-2/h6-7H,1-5H2;5H2,1-4H3;1-2H3. The van der Waals surface area contributed by atoms with E-state index in [2.05, 4.69) is 4.74 Å². The van der Waals surface area contributed by atoms with Gasteiger partial charge in [-0.2, -0.15) is 0 Å². The Hall–Kier alpha value is -1.06. The fourth-order valence-corrected chi connectivity index (χ4v) is 2.43. The SMILES string of the molecule is CC.CCC(C)(C)C(=O)OC.O=C1OCC2CCCCC12. The third-order valence-corrected chi connectivity index (χ3v) is 4.27. The van der Waals surface area contributed by atoms with E-state index < -0.39 is 0 Å². The van der Waals surface area contributed by atoms with Gasteiger partial charge in [-0.25, -0.2) is 0 Å². The molecule has 1 aliphatic carbocycles. The van der Waals surface area contributed by atoms with E-state index >= 15 is 0 Å². The minimum atomic E-state index is -0.311. The Morgan fingerprint density at radius 2 is 1.86 bits per heavy atom. The van der Waals surface area contributed by atoms with Gasteiger partial charge in [0.25, 0.3) is 0 Å². The first kappa shape index (κ1) is 19.9. The van der Waals surface area contributed by atoms with E-state index in [0.717, 1.165) is 12.8 Å². The molecule has 0 aromatic rings. The largest absolute Gasteiger partial charge is 0.469 e. The van der Waals surface area contributed by atoms with Crippen LogP contribution in [0, 0.1) is 17.3 Å². The number of hydrogen-bond donors (Lipinski definition) is 0. The van der Waals surface area contributed by atoms with Gasteiger partial charge in [0.2, 0.25) is 0 Å². The van der Waals surface area contributed by atoms with Crippen LogP contribution in [0.5, 0.6) is 0 Å². The second kappa shape index (κ2) is 9.80. The molecule has 1 heterocycles. The number of ether oxygens (including phenoxy) is 2. The summed E-state index contributed by atoms with van der Waals surface area (Å²) in [5.41, 5.74) is -0.311. The molecule has 0 N–H and O–H groups in total. The van der Waals surface area contributed by atoms with Gasteiger partial charge in [0.05, 0.1) is 25.0 Å². The van der Waals surface area contributed by atoms with Crippen LogP contribution in [0.3, 0.4) is 0 Å². The molecular weight excluding hydrogens is 268 g/mol. The molecule has 4 heteroatoms. The molecule has 124 valence electrons. The summed E-state index contributed by atoms with van der Waals surface area (Å²) < 4.78 is 9.53. The summed E-state index contributed by atoms with van der Waals surface area (Å²) in [5, 5.41) is 0. The Morgan fingerprint density at radius 3 is 2.29 bits per heavy atom. The molecule has 2 rings (SSSR count). The lowest BCUT2D eigenvalue weighted by molar-refractivity contribution is -0.150. The lowest BCUT2D eigenvalue weighted by atomic mass is 9.81. The van der Waals surface area contributed by atoms with Crippen LogP contribution >= 0.6 is 0 Å². The van der Waals surface area contributed by atoms with Gasteiger partial charge in [0.15, 0.2) is 0 Å². The van der Waals surface area contributed by atoms with Gasteiger partial charge < -0.3 is 9.47 Å². The number of methoxy groups -OCH3 is 1. The van der Waals surface area contributed by atoms with E-state index in [1.165, 1.54) is 26.4 Å². The van der Waals surface area contributed by atoms with Crippen molar-refractivity contribution in [2.45, 2.75) is 66.7 Å². The molecule has 1 saturated heterocycles. The fraction of sp³-hybridized carbons (Fsp3) is 0.882. The molecule has 0 amide bonds. The van der Waals surface area contributed by atoms with Crippen LogP contribution in [0.2, 0.25) is 0 Å². The molecule has 2 atom stereocenters. The second-order valence-corrected chi connectivity index (χ2v) is 6.01. The van der Waals surface area contributed by atoms with E-state index in [0.29, 0.717) is 12.5 Å². The summed E-state index contributed by atoms with van der Waals surface area (Å²) in [6, 6.07) is 0. The van der Waals surface area contributed by atoms with Crippen molar-refractivity contribution >= 4 is 11.9 Å². The zero-order valence-corrected chi connectivity index (χ0v) is 14.5. The van der Waals surface area contributed by atoms with Crippen LogP contribution in [0.15, 0.2) is 0 Å². The van der Waals surface area contributed by atoms with E-state index in [1.807, 2.05) is 34.6 Å². The summed E-state index contributed by atoms with van der Waals surface area (Å²) in [6.07, 6.45) is 5.60. The number of esters is 2. The molecule has 0 radical (unpaired) electrons. The summed E-state index contributed by atoms with van der Waals surface area (Å²) in [5.74, 6) is 0.768. The number of rotatable bonds is 2. The maximum Gasteiger partial charge on any atom is 0.311 e. The van der Waals surface area contributed by atoms with Crippen molar-refractivity contribution in [3.05, 3.63) is 0 Å². The summed E-state index contributed by atoms with van der Waals surface area (Å²) in [6.45, 7) is 10.4. The van der Waals surface area contributed by atoms with Crippen LogP contribution in [0.25, 0.3) is 0 Å². The Bertz CT molecular complexity index is 323. The highest BCUT2D eigenvalue weighted by Gasteiger charge is 2.37. The van der Waals surface area contributed by atoms with Gasteiger partial charge in [0.1, 0.15) is 0 Å². The molecule has 0 bridgehead atoms. The zero-order valence-electron chi connectivity index (χ0n) is 14.5. The van der Waals surface area contributed by atoms with E-state index in [-0.39, 0.29) is 23.3 Å². The lowest BCUT2D eigenvalue weighted by Gasteiger charge is -2.19. The van der Waals surface area contributed by atoms with Crippen molar-refractivity contribution < 1.29 is 19.1 Å². The average molecular weight is 300 g/mol. The Balaban J connectivity index is 0.000000344. The van der Waals surface area contributed by atoms with Crippen LogP contribution in [0.1, 0.15) is 66.7 Å². The van der Waals surface area contributed by atoms with Crippen LogP contribution < -0.4 is 0 Å². The average Bonchev–Trinajstić information content (AvgIpc) is 2.91. The quantitative estimate of drug-likeness (QED) is 0.724. The van der Waals surface area contributed by atoms with E-state index in [9.17, 15) is 9.59 Å². The number of hydrogen-bond acceptors (Lipinski definition) is 4. The third-order valence-electron chi connectivity index (χ3n) is 4.27. The molecule has 2 aliphatic rings. The third kappa shape index (κ3) is 6.06. The number of fused-ring (bicyclic) bond motifs is 1. The van der Waals surface area contributed by atoms with E-state index in [4.69, 9.17) is 4.74 Å². The maximum atomic E-state index is 11.0. The van der Waals surface area contributed by atoms with Crippen molar-refractivity contribution in [2.75, 3.05) is 13.7 Å². The number of carbonyl (C=O) groups excluding carboxylic acids is 2. The van der Waals surface area contributed by atoms with Gasteiger partial charge in [-0.3, -0.25) is 9.59 Å². The molecule has 2 unspecified atom stereocenters. The molecule has 0 aromatic carbocycles. The molecular formula is C17H32O4. The highest BCUT2D eigenvalue weighted by Crippen LogP contribution is 2.35. The highest BCUT2D eigenvalue weighted by atomic mass is 16.5. The summed E-state index contributed by atoms with van der Waals surface area (Å²) in [7, 11) is 1.42. The van der Waals surface area contributed by atoms with Gasteiger partial charge in [-0.05, 0) is 33.1 Å². The lowest BCUT2D eigenvalue weighted by Crippen LogP contribution is -2.24. The van der Waals surface area contributed by atoms with Gasteiger partial charge in [-0.1, -0.05) is 33.6 Å². The Labute approximate surface area is 129 Å². The predicted octanol–water partition coefficient (Wildman–Crippen LogP) is 3.97. The van der Waals surface area contributed by atoms with Gasteiger partial charge >= 0.3 is 11.9 Å². The highest BCUT2D eigenvalue weighted by molar-refractivity contribution is 5.75. The zero-order chi connectivity index (χ0) is 16.5.